The number of rotatable bonds is 5. The van der Waals surface area contributed by atoms with E-state index in [1.165, 1.54) is 16.7 Å². The molecule has 3 aromatic rings. The van der Waals surface area contributed by atoms with E-state index in [1.807, 2.05) is 19.9 Å². The minimum absolute atomic E-state index is 0.968. The molecule has 28 heavy (non-hydrogen) atoms. The normalized spacial score (nSPS) is 10.7. The summed E-state index contributed by atoms with van der Waals surface area (Å²) in [5, 5.41) is 0. The van der Waals surface area contributed by atoms with Crippen molar-refractivity contribution in [3.8, 4) is 0 Å². The van der Waals surface area contributed by atoms with Gasteiger partial charge in [0.05, 0.1) is 0 Å². The summed E-state index contributed by atoms with van der Waals surface area (Å²) < 4.78 is 0. The molecule has 0 heterocycles. The third-order valence-electron chi connectivity index (χ3n) is 4.75. The lowest BCUT2D eigenvalue weighted by Gasteiger charge is -2.29. The molecule has 144 valence electrons. The van der Waals surface area contributed by atoms with Gasteiger partial charge in [-0.2, -0.15) is 0 Å². The summed E-state index contributed by atoms with van der Waals surface area (Å²) in [6.07, 6.45) is 2.13. The van der Waals surface area contributed by atoms with Crippen LogP contribution in [0.3, 0.4) is 0 Å². The van der Waals surface area contributed by atoms with Crippen LogP contribution in [0.15, 0.2) is 91.5 Å². The molecule has 0 fully saturated rings. The van der Waals surface area contributed by atoms with Crippen LogP contribution < -0.4 is 4.90 Å². The maximum absolute atomic E-state index is 4.43. The molecule has 0 saturated heterocycles. The van der Waals surface area contributed by atoms with E-state index in [1.54, 1.807) is 0 Å². The van der Waals surface area contributed by atoms with Gasteiger partial charge in [0.1, 0.15) is 0 Å². The van der Waals surface area contributed by atoms with E-state index in [2.05, 4.69) is 111 Å². The zero-order valence-corrected chi connectivity index (χ0v) is 17.7. The van der Waals surface area contributed by atoms with Crippen LogP contribution in [0.5, 0.6) is 0 Å². The van der Waals surface area contributed by atoms with E-state index in [0.29, 0.717) is 0 Å². The van der Waals surface area contributed by atoms with Crippen LogP contribution in [0.25, 0.3) is 11.3 Å². The molecule has 0 aliphatic carbocycles. The van der Waals surface area contributed by atoms with Crippen molar-refractivity contribution < 1.29 is 0 Å². The molecule has 1 nitrogen and oxygen atoms in total. The first kappa shape index (κ1) is 21.2. The summed E-state index contributed by atoms with van der Waals surface area (Å²) >= 11 is 0. The zero-order valence-electron chi connectivity index (χ0n) is 17.7. The van der Waals surface area contributed by atoms with Gasteiger partial charge in [0, 0.05) is 17.1 Å². The molecule has 0 aromatic heterocycles. The van der Waals surface area contributed by atoms with Crippen molar-refractivity contribution in [1.82, 2.24) is 0 Å². The Kier molecular flexibility index (Phi) is 7.83. The Hall–Kier alpha value is -3.06. The number of nitrogens with zero attached hydrogens (tertiary/aromatic N) is 1. The molecule has 0 saturated carbocycles. The highest BCUT2D eigenvalue weighted by Crippen LogP contribution is 2.35. The van der Waals surface area contributed by atoms with Gasteiger partial charge in [0.25, 0.3) is 0 Å². The van der Waals surface area contributed by atoms with Crippen molar-refractivity contribution in [2.45, 2.75) is 34.6 Å². The Balaban J connectivity index is 0.00000136. The van der Waals surface area contributed by atoms with Gasteiger partial charge in [-0.3, -0.25) is 0 Å². The Labute approximate surface area is 170 Å². The predicted molar refractivity (Wildman–Crippen MR) is 126 cm³/mol. The van der Waals surface area contributed by atoms with Crippen molar-refractivity contribution in [1.29, 1.82) is 0 Å². The van der Waals surface area contributed by atoms with E-state index in [9.17, 15) is 0 Å². The fourth-order valence-corrected chi connectivity index (χ4v) is 3.05. The second kappa shape index (κ2) is 10.3. The number of anilines is 2. The lowest BCUT2D eigenvalue weighted by atomic mass is 10.0. The van der Waals surface area contributed by atoms with Crippen LogP contribution in [0, 0.1) is 6.92 Å². The number of benzene rings is 3. The Morgan fingerprint density at radius 1 is 0.786 bits per heavy atom. The average Bonchev–Trinajstić information content (AvgIpc) is 2.77. The van der Waals surface area contributed by atoms with Gasteiger partial charge in [0.15, 0.2) is 0 Å². The van der Waals surface area contributed by atoms with Crippen molar-refractivity contribution in [3.05, 3.63) is 108 Å². The molecule has 0 radical (unpaired) electrons. The van der Waals surface area contributed by atoms with E-state index < -0.39 is 0 Å². The molecule has 0 N–H and O–H groups in total. The number of hydrogen-bond donors (Lipinski definition) is 0. The number of para-hydroxylation sites is 2. The van der Waals surface area contributed by atoms with E-state index >= 15 is 0 Å². The lowest BCUT2D eigenvalue weighted by molar-refractivity contribution is 1.26. The highest BCUT2D eigenvalue weighted by atomic mass is 15.1. The highest BCUT2D eigenvalue weighted by Gasteiger charge is 2.16. The average molecular weight is 370 g/mol. The Bertz CT molecular complexity index is 918. The molecular formula is C27H31N. The molecule has 0 unspecified atom stereocenters. The van der Waals surface area contributed by atoms with Crippen molar-refractivity contribution in [2.75, 3.05) is 4.90 Å². The summed E-state index contributed by atoms with van der Waals surface area (Å²) in [7, 11) is 0. The van der Waals surface area contributed by atoms with Gasteiger partial charge >= 0.3 is 0 Å². The van der Waals surface area contributed by atoms with Crippen molar-refractivity contribution in [3.63, 3.8) is 0 Å². The summed E-state index contributed by atoms with van der Waals surface area (Å²) in [5.74, 6) is 0. The minimum atomic E-state index is 0.968. The standard InChI is InChI=1S/C25H25N.C2H6/c1-5-19(2)22-15-17-23(18-16-22)21(4)26(24-12-7-6-8-13-24)25-14-10-9-11-20(25)3;1-2/h5-18H,4H2,1-3H3;1-2H3/b19-5+;. The molecule has 1 heteroatoms. The largest absolute Gasteiger partial charge is 0.310 e. The van der Waals surface area contributed by atoms with Gasteiger partial charge < -0.3 is 4.90 Å². The van der Waals surface area contributed by atoms with Gasteiger partial charge in [0.2, 0.25) is 0 Å². The predicted octanol–water partition coefficient (Wildman–Crippen LogP) is 8.25. The fraction of sp³-hybridized carbons (Fsp3) is 0.185. The second-order valence-electron chi connectivity index (χ2n) is 6.45. The summed E-state index contributed by atoms with van der Waals surface area (Å²) in [6, 6.07) is 27.5. The quantitative estimate of drug-likeness (QED) is 0.437. The molecule has 0 aliphatic rings. The van der Waals surface area contributed by atoms with Gasteiger partial charge in [-0.05, 0) is 61.2 Å². The van der Waals surface area contributed by atoms with Crippen LogP contribution >= 0.6 is 0 Å². The molecule has 0 spiro atoms. The Morgan fingerprint density at radius 3 is 1.89 bits per heavy atom. The first-order valence-electron chi connectivity index (χ1n) is 9.95. The number of hydrogen-bond acceptors (Lipinski definition) is 1. The van der Waals surface area contributed by atoms with Gasteiger partial charge in [-0.15, -0.1) is 0 Å². The van der Waals surface area contributed by atoms with Crippen LogP contribution in [0.1, 0.15) is 44.4 Å². The first-order chi connectivity index (χ1) is 13.6. The van der Waals surface area contributed by atoms with E-state index in [-0.39, 0.29) is 0 Å². The molecule has 0 atom stereocenters. The third kappa shape index (κ3) is 4.80. The van der Waals surface area contributed by atoms with Gasteiger partial charge in [-0.1, -0.05) is 87.2 Å². The van der Waals surface area contributed by atoms with Crippen LogP contribution in [0.2, 0.25) is 0 Å². The number of allylic oxidation sites excluding steroid dienone is 2. The molecule has 3 rings (SSSR count). The van der Waals surface area contributed by atoms with Crippen LogP contribution in [-0.4, -0.2) is 0 Å². The van der Waals surface area contributed by atoms with E-state index in [0.717, 1.165) is 22.6 Å². The maximum Gasteiger partial charge on any atom is 0.0490 e. The zero-order chi connectivity index (χ0) is 20.5. The highest BCUT2D eigenvalue weighted by molar-refractivity contribution is 5.88. The monoisotopic (exact) mass is 369 g/mol. The topological polar surface area (TPSA) is 3.24 Å². The van der Waals surface area contributed by atoms with Crippen molar-refractivity contribution >= 4 is 22.6 Å². The molecule has 0 aliphatic heterocycles. The second-order valence-corrected chi connectivity index (χ2v) is 6.45. The lowest BCUT2D eigenvalue weighted by Crippen LogP contribution is -2.15. The third-order valence-corrected chi connectivity index (χ3v) is 4.75. The van der Waals surface area contributed by atoms with Crippen LogP contribution in [0.4, 0.5) is 11.4 Å². The van der Waals surface area contributed by atoms with E-state index in [4.69, 9.17) is 0 Å². The van der Waals surface area contributed by atoms with Crippen LogP contribution in [-0.2, 0) is 0 Å². The summed E-state index contributed by atoms with van der Waals surface area (Å²) in [4.78, 5) is 2.23. The molecule has 0 amide bonds. The smallest absolute Gasteiger partial charge is 0.0490 e. The molecular weight excluding hydrogens is 338 g/mol. The fourth-order valence-electron chi connectivity index (χ4n) is 3.05. The van der Waals surface area contributed by atoms with Gasteiger partial charge in [-0.25, -0.2) is 0 Å². The summed E-state index contributed by atoms with van der Waals surface area (Å²) in [5.41, 5.74) is 8.09. The Morgan fingerprint density at radius 2 is 1.32 bits per heavy atom. The molecule has 3 aromatic carbocycles. The maximum atomic E-state index is 4.43. The number of aryl methyl sites for hydroxylation is 1. The first-order valence-corrected chi connectivity index (χ1v) is 9.95. The SMILES string of the molecule is C=C(c1ccc(/C(C)=C/C)cc1)N(c1ccccc1)c1ccccc1C.CC. The summed E-state index contributed by atoms with van der Waals surface area (Å²) in [6.45, 7) is 14.8. The minimum Gasteiger partial charge on any atom is -0.310 e. The molecule has 0 bridgehead atoms. The van der Waals surface area contributed by atoms with Crippen molar-refractivity contribution in [2.24, 2.45) is 0 Å².